The molecule has 0 fully saturated rings. The van der Waals surface area contributed by atoms with Gasteiger partial charge in [0, 0.05) is 12.5 Å². The van der Waals surface area contributed by atoms with E-state index in [-0.39, 0.29) is 12.4 Å². The molecule has 0 saturated heterocycles. The molecule has 14 heavy (non-hydrogen) atoms. The summed E-state index contributed by atoms with van der Waals surface area (Å²) < 4.78 is 4.65. The molecule has 0 bridgehead atoms. The van der Waals surface area contributed by atoms with E-state index in [4.69, 9.17) is 5.11 Å². The van der Waals surface area contributed by atoms with Gasteiger partial charge in [0.25, 0.3) is 0 Å². The minimum atomic E-state index is -0.792. The average Bonchev–Trinajstić information content (AvgIpc) is 2.11. The van der Waals surface area contributed by atoms with Gasteiger partial charge in [0.1, 0.15) is 0 Å². The lowest BCUT2D eigenvalue weighted by Crippen LogP contribution is -1.98. The van der Waals surface area contributed by atoms with Gasteiger partial charge in [0.2, 0.25) is 0 Å². The number of carboxylic acids is 1. The second kappa shape index (κ2) is 8.62. The van der Waals surface area contributed by atoms with Crippen molar-refractivity contribution >= 4 is 23.7 Å². The Balaban J connectivity index is 3.35. The molecule has 0 radical (unpaired) electrons. The smallest absolute Gasteiger partial charge is 0.331 e. The molecule has 0 saturated carbocycles. The Labute approximate surface area is 87.3 Å². The highest BCUT2D eigenvalue weighted by Gasteiger charge is 1.95. The molecule has 0 aromatic heterocycles. The highest BCUT2D eigenvalue weighted by molar-refractivity contribution is 8.02. The molecule has 0 unspecified atom stereocenters. The van der Waals surface area contributed by atoms with Crippen LogP contribution in [0.4, 0.5) is 0 Å². The number of thioether (sulfide) groups is 1. The second-order valence-electron chi connectivity index (χ2n) is 2.42. The Hall–Kier alpha value is -0.970. The fourth-order valence-corrected chi connectivity index (χ4v) is 1.32. The third-order valence-electron chi connectivity index (χ3n) is 1.24. The SMILES string of the molecule is CCOC(=O)/C=C\SCCCC(=O)O. The fraction of sp³-hybridized carbons (Fsp3) is 0.556. The van der Waals surface area contributed by atoms with Crippen LogP contribution in [-0.2, 0) is 14.3 Å². The Morgan fingerprint density at radius 3 is 2.79 bits per heavy atom. The summed E-state index contributed by atoms with van der Waals surface area (Å²) in [6.45, 7) is 2.11. The molecule has 1 N–H and O–H groups in total. The van der Waals surface area contributed by atoms with Crippen molar-refractivity contribution in [1.29, 1.82) is 0 Å². The highest BCUT2D eigenvalue weighted by Crippen LogP contribution is 2.06. The predicted octanol–water partition coefficient (Wildman–Crippen LogP) is 1.66. The molecule has 80 valence electrons. The van der Waals surface area contributed by atoms with Crippen molar-refractivity contribution in [3.05, 3.63) is 11.5 Å². The van der Waals surface area contributed by atoms with Gasteiger partial charge >= 0.3 is 11.9 Å². The van der Waals surface area contributed by atoms with Crippen LogP contribution in [0.3, 0.4) is 0 Å². The van der Waals surface area contributed by atoms with Gasteiger partial charge in [-0.3, -0.25) is 4.79 Å². The predicted molar refractivity (Wildman–Crippen MR) is 55.1 cm³/mol. The highest BCUT2D eigenvalue weighted by atomic mass is 32.2. The van der Waals surface area contributed by atoms with Gasteiger partial charge in [-0.25, -0.2) is 4.79 Å². The maximum atomic E-state index is 10.8. The van der Waals surface area contributed by atoms with Crippen LogP contribution in [0.25, 0.3) is 0 Å². The van der Waals surface area contributed by atoms with Gasteiger partial charge in [-0.05, 0) is 24.5 Å². The lowest BCUT2D eigenvalue weighted by atomic mass is 10.3. The summed E-state index contributed by atoms with van der Waals surface area (Å²) in [5, 5.41) is 9.95. The molecule has 0 amide bonds. The molecular formula is C9H14O4S. The van der Waals surface area contributed by atoms with Crippen molar-refractivity contribution in [2.75, 3.05) is 12.4 Å². The number of esters is 1. The van der Waals surface area contributed by atoms with Gasteiger partial charge in [-0.1, -0.05) is 0 Å². The molecule has 0 aliphatic rings. The number of carbonyl (C=O) groups is 2. The molecule has 0 rings (SSSR count). The van der Waals surface area contributed by atoms with E-state index in [1.54, 1.807) is 12.3 Å². The zero-order chi connectivity index (χ0) is 10.8. The van der Waals surface area contributed by atoms with Gasteiger partial charge < -0.3 is 9.84 Å². The first kappa shape index (κ1) is 13.0. The molecule has 0 aromatic rings. The van der Waals surface area contributed by atoms with Crippen LogP contribution in [0, 0.1) is 0 Å². The number of aliphatic carboxylic acids is 1. The Morgan fingerprint density at radius 2 is 2.21 bits per heavy atom. The quantitative estimate of drug-likeness (QED) is 0.400. The summed E-state index contributed by atoms with van der Waals surface area (Å²) in [6.07, 6.45) is 2.11. The maximum absolute atomic E-state index is 10.8. The van der Waals surface area contributed by atoms with Crippen LogP contribution in [0.1, 0.15) is 19.8 Å². The number of carbonyl (C=O) groups excluding carboxylic acids is 1. The normalized spacial score (nSPS) is 10.4. The summed E-state index contributed by atoms with van der Waals surface area (Å²) in [5.74, 6) is -0.458. The summed E-state index contributed by atoms with van der Waals surface area (Å²) in [5.41, 5.74) is 0. The van der Waals surface area contributed by atoms with E-state index in [2.05, 4.69) is 4.74 Å². The molecule has 0 heterocycles. The largest absolute Gasteiger partial charge is 0.481 e. The van der Waals surface area contributed by atoms with Crippen molar-refractivity contribution in [2.24, 2.45) is 0 Å². The van der Waals surface area contributed by atoms with Crippen molar-refractivity contribution < 1.29 is 19.4 Å². The van der Waals surface area contributed by atoms with Gasteiger partial charge in [0.05, 0.1) is 6.61 Å². The number of hydrogen-bond acceptors (Lipinski definition) is 4. The minimum absolute atomic E-state index is 0.167. The van der Waals surface area contributed by atoms with E-state index in [0.717, 1.165) is 0 Å². The monoisotopic (exact) mass is 218 g/mol. The topological polar surface area (TPSA) is 63.6 Å². The zero-order valence-corrected chi connectivity index (χ0v) is 8.88. The Bertz CT molecular complexity index is 213. The van der Waals surface area contributed by atoms with E-state index < -0.39 is 5.97 Å². The Kier molecular flexibility index (Phi) is 8.02. The first-order valence-corrected chi connectivity index (χ1v) is 5.38. The minimum Gasteiger partial charge on any atom is -0.481 e. The van der Waals surface area contributed by atoms with E-state index >= 15 is 0 Å². The van der Waals surface area contributed by atoms with Crippen LogP contribution in [-0.4, -0.2) is 29.4 Å². The van der Waals surface area contributed by atoms with Gasteiger partial charge in [0.15, 0.2) is 0 Å². The molecule has 0 spiro atoms. The standard InChI is InChI=1S/C9H14O4S/c1-2-13-9(12)5-7-14-6-3-4-8(10)11/h5,7H,2-4,6H2,1H3,(H,10,11)/b7-5-. The van der Waals surface area contributed by atoms with Crippen LogP contribution < -0.4 is 0 Å². The lowest BCUT2D eigenvalue weighted by Gasteiger charge is -1.95. The molecule has 0 aliphatic heterocycles. The maximum Gasteiger partial charge on any atom is 0.331 e. The average molecular weight is 218 g/mol. The van der Waals surface area contributed by atoms with Crippen molar-refractivity contribution in [3.8, 4) is 0 Å². The number of ether oxygens (including phenoxy) is 1. The van der Waals surface area contributed by atoms with E-state index in [0.29, 0.717) is 18.8 Å². The molecule has 5 heteroatoms. The third kappa shape index (κ3) is 9.12. The summed E-state index contributed by atoms with van der Waals surface area (Å²) >= 11 is 1.40. The molecule has 0 aromatic carbocycles. The molecule has 0 atom stereocenters. The fourth-order valence-electron chi connectivity index (χ4n) is 0.669. The molecule has 0 aliphatic carbocycles. The van der Waals surface area contributed by atoms with Crippen LogP contribution in [0.5, 0.6) is 0 Å². The summed E-state index contributed by atoms with van der Waals surface area (Å²) in [6, 6.07) is 0. The summed E-state index contributed by atoms with van der Waals surface area (Å²) in [7, 11) is 0. The van der Waals surface area contributed by atoms with Crippen molar-refractivity contribution in [3.63, 3.8) is 0 Å². The van der Waals surface area contributed by atoms with Crippen LogP contribution in [0.2, 0.25) is 0 Å². The first-order valence-electron chi connectivity index (χ1n) is 4.33. The molecular weight excluding hydrogens is 204 g/mol. The van der Waals surface area contributed by atoms with Gasteiger partial charge in [-0.2, -0.15) is 0 Å². The lowest BCUT2D eigenvalue weighted by molar-refractivity contribution is -0.138. The van der Waals surface area contributed by atoms with Crippen molar-refractivity contribution in [1.82, 2.24) is 0 Å². The third-order valence-corrected chi connectivity index (χ3v) is 2.09. The van der Waals surface area contributed by atoms with Crippen LogP contribution in [0.15, 0.2) is 11.5 Å². The molecule has 4 nitrogen and oxygen atoms in total. The van der Waals surface area contributed by atoms with E-state index in [1.807, 2.05) is 0 Å². The Morgan fingerprint density at radius 1 is 1.50 bits per heavy atom. The van der Waals surface area contributed by atoms with Crippen LogP contribution >= 0.6 is 11.8 Å². The number of rotatable bonds is 7. The first-order chi connectivity index (χ1) is 6.66. The second-order valence-corrected chi connectivity index (χ2v) is 3.44. The number of hydrogen-bond donors (Lipinski definition) is 1. The van der Waals surface area contributed by atoms with E-state index in [9.17, 15) is 9.59 Å². The summed E-state index contributed by atoms with van der Waals surface area (Å²) in [4.78, 5) is 20.9. The number of carboxylic acid groups (broad SMARTS) is 1. The van der Waals surface area contributed by atoms with E-state index in [1.165, 1.54) is 17.8 Å². The van der Waals surface area contributed by atoms with Gasteiger partial charge in [-0.15, -0.1) is 11.8 Å². The zero-order valence-electron chi connectivity index (χ0n) is 8.06. The van der Waals surface area contributed by atoms with Crippen molar-refractivity contribution in [2.45, 2.75) is 19.8 Å².